The summed E-state index contributed by atoms with van der Waals surface area (Å²) in [5.74, 6) is 3.77. The van der Waals surface area contributed by atoms with Crippen LogP contribution in [0.1, 0.15) is 23.1 Å². The van der Waals surface area contributed by atoms with E-state index in [2.05, 4.69) is 0 Å². The maximum absolute atomic E-state index is 6.25. The molecule has 2 unspecified atom stereocenters. The molecule has 0 radical (unpaired) electrons. The first kappa shape index (κ1) is 14.1. The van der Waals surface area contributed by atoms with Gasteiger partial charge in [0.2, 0.25) is 5.75 Å². The molecule has 0 spiro atoms. The van der Waals surface area contributed by atoms with Crippen LogP contribution in [0.5, 0.6) is 28.7 Å². The molecule has 2 aliphatic rings. The molecule has 5 heteroatoms. The molecule has 0 saturated heterocycles. The Morgan fingerprint density at radius 3 is 2.52 bits per heavy atom. The lowest BCUT2D eigenvalue weighted by atomic mass is 9.89. The first-order valence-corrected chi connectivity index (χ1v) is 7.49. The minimum absolute atomic E-state index is 0.0827. The molecular weight excluding hydrogens is 296 g/mol. The fraction of sp³-hybridized carbons (Fsp3) is 0.333. The van der Waals surface area contributed by atoms with E-state index in [1.54, 1.807) is 21.3 Å². The van der Waals surface area contributed by atoms with Gasteiger partial charge in [0.15, 0.2) is 11.5 Å². The van der Waals surface area contributed by atoms with E-state index in [0.29, 0.717) is 18.1 Å². The zero-order valence-electron chi connectivity index (χ0n) is 13.3. The van der Waals surface area contributed by atoms with E-state index in [-0.39, 0.29) is 12.0 Å². The van der Waals surface area contributed by atoms with Gasteiger partial charge in [-0.3, -0.25) is 0 Å². The molecule has 2 atom stereocenters. The van der Waals surface area contributed by atoms with E-state index in [9.17, 15) is 0 Å². The van der Waals surface area contributed by atoms with E-state index in [4.69, 9.17) is 23.7 Å². The number of ether oxygens (including phenoxy) is 5. The topological polar surface area (TPSA) is 46.2 Å². The molecule has 2 aliphatic heterocycles. The van der Waals surface area contributed by atoms with Crippen LogP contribution < -0.4 is 23.7 Å². The first-order chi connectivity index (χ1) is 11.3. The van der Waals surface area contributed by atoms with Gasteiger partial charge in [-0.1, -0.05) is 6.07 Å². The van der Waals surface area contributed by atoms with Crippen LogP contribution in [0.2, 0.25) is 0 Å². The van der Waals surface area contributed by atoms with Crippen LogP contribution in [0.25, 0.3) is 0 Å². The Kier molecular flexibility index (Phi) is 3.22. The number of rotatable bonds is 3. The third-order valence-corrected chi connectivity index (χ3v) is 4.49. The largest absolute Gasteiger partial charge is 0.497 e. The summed E-state index contributed by atoms with van der Waals surface area (Å²) in [6, 6.07) is 9.76. The monoisotopic (exact) mass is 314 g/mol. The molecule has 5 nitrogen and oxygen atoms in total. The summed E-state index contributed by atoms with van der Waals surface area (Å²) >= 11 is 0. The summed E-state index contributed by atoms with van der Waals surface area (Å²) in [6.07, 6.45) is -0.0827. The van der Waals surface area contributed by atoms with Crippen LogP contribution in [-0.2, 0) is 0 Å². The summed E-state index contributed by atoms with van der Waals surface area (Å²) in [7, 11) is 4.89. The lowest BCUT2D eigenvalue weighted by Gasteiger charge is -2.28. The van der Waals surface area contributed by atoms with Gasteiger partial charge in [0.25, 0.3) is 0 Å². The molecule has 0 amide bonds. The molecule has 2 aromatic rings. The molecule has 120 valence electrons. The Balaban J connectivity index is 1.78. The van der Waals surface area contributed by atoms with Crippen molar-refractivity contribution in [2.45, 2.75) is 12.0 Å². The Hall–Kier alpha value is -2.56. The highest BCUT2D eigenvalue weighted by atomic mass is 16.5. The Labute approximate surface area is 134 Å². The standard InChI is InChI=1S/C18H18O5/c1-19-10-4-5-12-15(8-10)22-9-13-11-6-7-14(20-2)18(21-3)17(11)23-16(12)13/h4-8,13,16H,9H2,1-3H3. The van der Waals surface area contributed by atoms with Crippen molar-refractivity contribution in [2.75, 3.05) is 27.9 Å². The molecule has 0 aliphatic carbocycles. The van der Waals surface area contributed by atoms with Crippen LogP contribution in [0.15, 0.2) is 30.3 Å². The third-order valence-electron chi connectivity index (χ3n) is 4.49. The minimum Gasteiger partial charge on any atom is -0.497 e. The van der Waals surface area contributed by atoms with Crippen molar-refractivity contribution >= 4 is 0 Å². The molecule has 2 heterocycles. The maximum Gasteiger partial charge on any atom is 0.203 e. The minimum atomic E-state index is -0.0827. The summed E-state index contributed by atoms with van der Waals surface area (Å²) in [5.41, 5.74) is 2.12. The summed E-state index contributed by atoms with van der Waals surface area (Å²) < 4.78 is 28.3. The van der Waals surface area contributed by atoms with Gasteiger partial charge >= 0.3 is 0 Å². The number of methoxy groups -OCH3 is 3. The lowest BCUT2D eigenvalue weighted by Crippen LogP contribution is -2.23. The predicted octanol–water partition coefficient (Wildman–Crippen LogP) is 3.32. The zero-order chi connectivity index (χ0) is 16.0. The SMILES string of the molecule is COc1ccc2c(c1)OCC1c3ccc(OC)c(OC)c3OC21. The average Bonchev–Trinajstić information content (AvgIpc) is 2.99. The van der Waals surface area contributed by atoms with E-state index in [1.807, 2.05) is 30.3 Å². The fourth-order valence-electron chi connectivity index (χ4n) is 3.34. The van der Waals surface area contributed by atoms with E-state index in [0.717, 1.165) is 28.4 Å². The van der Waals surface area contributed by atoms with Crippen LogP contribution in [-0.4, -0.2) is 27.9 Å². The van der Waals surface area contributed by atoms with Crippen LogP contribution in [0.3, 0.4) is 0 Å². The highest BCUT2D eigenvalue weighted by Gasteiger charge is 2.42. The van der Waals surface area contributed by atoms with Gasteiger partial charge in [-0.25, -0.2) is 0 Å². The molecular formula is C18H18O5. The summed E-state index contributed by atoms with van der Waals surface area (Å²) in [6.45, 7) is 0.563. The number of fused-ring (bicyclic) bond motifs is 5. The Bertz CT molecular complexity index is 755. The molecule has 0 N–H and O–H groups in total. The second-order valence-corrected chi connectivity index (χ2v) is 5.58. The summed E-state index contributed by atoms with van der Waals surface area (Å²) in [4.78, 5) is 0. The molecule has 2 aromatic carbocycles. The quantitative estimate of drug-likeness (QED) is 0.869. The van der Waals surface area contributed by atoms with Gasteiger partial charge in [0.05, 0.1) is 33.9 Å². The third kappa shape index (κ3) is 2.00. The van der Waals surface area contributed by atoms with Crippen LogP contribution in [0.4, 0.5) is 0 Å². The summed E-state index contributed by atoms with van der Waals surface area (Å²) in [5, 5.41) is 0. The predicted molar refractivity (Wildman–Crippen MR) is 84.1 cm³/mol. The normalized spacial score (nSPS) is 20.5. The van der Waals surface area contributed by atoms with E-state index < -0.39 is 0 Å². The number of hydrogen-bond acceptors (Lipinski definition) is 5. The molecule has 23 heavy (non-hydrogen) atoms. The highest BCUT2D eigenvalue weighted by molar-refractivity contribution is 5.61. The van der Waals surface area contributed by atoms with E-state index in [1.165, 1.54) is 0 Å². The van der Waals surface area contributed by atoms with Gasteiger partial charge in [0.1, 0.15) is 17.6 Å². The van der Waals surface area contributed by atoms with Crippen molar-refractivity contribution < 1.29 is 23.7 Å². The van der Waals surface area contributed by atoms with Gasteiger partial charge in [-0.2, -0.15) is 0 Å². The fourth-order valence-corrected chi connectivity index (χ4v) is 3.34. The molecule has 0 bridgehead atoms. The second-order valence-electron chi connectivity index (χ2n) is 5.58. The molecule has 4 rings (SSSR count). The molecule has 0 aromatic heterocycles. The highest BCUT2D eigenvalue weighted by Crippen LogP contribution is 2.56. The smallest absolute Gasteiger partial charge is 0.203 e. The maximum atomic E-state index is 6.25. The second kappa shape index (κ2) is 5.26. The first-order valence-electron chi connectivity index (χ1n) is 7.49. The van der Waals surface area contributed by atoms with Crippen molar-refractivity contribution in [3.8, 4) is 28.7 Å². The van der Waals surface area contributed by atoms with Crippen LogP contribution >= 0.6 is 0 Å². The van der Waals surface area contributed by atoms with Gasteiger partial charge in [0, 0.05) is 17.2 Å². The average molecular weight is 314 g/mol. The van der Waals surface area contributed by atoms with Gasteiger partial charge in [-0.15, -0.1) is 0 Å². The molecule has 0 fully saturated rings. The van der Waals surface area contributed by atoms with Crippen molar-refractivity contribution in [1.82, 2.24) is 0 Å². The van der Waals surface area contributed by atoms with Crippen molar-refractivity contribution in [1.29, 1.82) is 0 Å². The number of benzene rings is 2. The van der Waals surface area contributed by atoms with Crippen molar-refractivity contribution in [3.63, 3.8) is 0 Å². The zero-order valence-corrected chi connectivity index (χ0v) is 13.3. The van der Waals surface area contributed by atoms with Crippen molar-refractivity contribution in [3.05, 3.63) is 41.5 Å². The lowest BCUT2D eigenvalue weighted by molar-refractivity contribution is 0.136. The van der Waals surface area contributed by atoms with Crippen LogP contribution in [0, 0.1) is 0 Å². The van der Waals surface area contributed by atoms with Gasteiger partial charge < -0.3 is 23.7 Å². The number of hydrogen-bond donors (Lipinski definition) is 0. The van der Waals surface area contributed by atoms with Crippen molar-refractivity contribution in [2.24, 2.45) is 0 Å². The Morgan fingerprint density at radius 1 is 0.957 bits per heavy atom. The molecule has 0 saturated carbocycles. The Morgan fingerprint density at radius 2 is 1.78 bits per heavy atom. The van der Waals surface area contributed by atoms with Gasteiger partial charge in [-0.05, 0) is 18.2 Å². The van der Waals surface area contributed by atoms with E-state index >= 15 is 0 Å².